The minimum Gasteiger partial charge on any atom is -0.480 e. The van der Waals surface area contributed by atoms with Gasteiger partial charge in [0.2, 0.25) is 5.91 Å². The molecule has 1 aliphatic rings. The third kappa shape index (κ3) is 18.8. The zero-order chi connectivity index (χ0) is 36.3. The summed E-state index contributed by atoms with van der Waals surface area (Å²) in [6.07, 6.45) is 1.16. The summed E-state index contributed by atoms with van der Waals surface area (Å²) in [5, 5.41) is 31.0. The Balaban J connectivity index is 0.00000901. The van der Waals surface area contributed by atoms with E-state index in [-0.39, 0.29) is 85.2 Å². The second-order valence-electron chi connectivity index (χ2n) is 12.3. The molecule has 0 saturated carbocycles. The van der Waals surface area contributed by atoms with E-state index in [2.05, 4.69) is 10.8 Å². The van der Waals surface area contributed by atoms with E-state index in [4.69, 9.17) is 10.6 Å². The van der Waals surface area contributed by atoms with Gasteiger partial charge in [0, 0.05) is 98.8 Å². The van der Waals surface area contributed by atoms with Crippen molar-refractivity contribution in [1.29, 1.82) is 0 Å². The van der Waals surface area contributed by atoms with Crippen LogP contribution in [0.4, 0.5) is 0 Å². The quantitative estimate of drug-likeness (QED) is 0.108. The van der Waals surface area contributed by atoms with Crippen LogP contribution in [0.2, 0.25) is 0 Å². The van der Waals surface area contributed by atoms with Gasteiger partial charge in [0.1, 0.15) is 0 Å². The van der Waals surface area contributed by atoms with Crippen molar-refractivity contribution in [3.63, 3.8) is 0 Å². The van der Waals surface area contributed by atoms with Crippen molar-refractivity contribution in [1.82, 2.24) is 30.4 Å². The first kappa shape index (κ1) is 44.0. The Kier molecular flexibility index (Phi) is 20.9. The van der Waals surface area contributed by atoms with E-state index in [9.17, 15) is 39.3 Å². The number of aryl methyl sites for hydroxylation is 1. The molecule has 0 radical (unpaired) electrons. The van der Waals surface area contributed by atoms with Crippen LogP contribution in [0, 0.1) is 39.9 Å². The molecule has 0 aromatic heterocycles. The van der Waals surface area contributed by atoms with E-state index in [0.29, 0.717) is 65.2 Å². The van der Waals surface area contributed by atoms with Crippen molar-refractivity contribution in [3.05, 3.63) is 71.3 Å². The molecular weight excluding hydrogens is 808 g/mol. The van der Waals surface area contributed by atoms with Crippen molar-refractivity contribution in [2.24, 2.45) is 5.73 Å². The average Bonchev–Trinajstić information content (AvgIpc) is 3.07. The van der Waals surface area contributed by atoms with Crippen LogP contribution in [0.25, 0.3) is 0 Å². The molecule has 1 atom stereocenters. The van der Waals surface area contributed by atoms with Crippen LogP contribution in [0.15, 0.2) is 54.6 Å². The van der Waals surface area contributed by atoms with E-state index in [0.717, 1.165) is 16.7 Å². The number of carbonyl (C=O) groups excluding carboxylic acids is 2. The number of nitrogens with one attached hydrogen (secondary N) is 2. The molecule has 2 amide bonds. The summed E-state index contributed by atoms with van der Waals surface area (Å²) in [4.78, 5) is 71.9. The largest absolute Gasteiger partial charge is 0.480 e. The third-order valence-corrected chi connectivity index (χ3v) is 8.22. The Labute approximate surface area is 329 Å². The Bertz CT molecular complexity index is 1360. The Morgan fingerprint density at radius 3 is 1.53 bits per heavy atom. The van der Waals surface area contributed by atoms with E-state index in [1.54, 1.807) is 14.7 Å². The Morgan fingerprint density at radius 1 is 0.647 bits per heavy atom. The summed E-state index contributed by atoms with van der Waals surface area (Å²) in [7, 11) is 0. The molecule has 282 valence electrons. The van der Waals surface area contributed by atoms with E-state index < -0.39 is 29.9 Å². The smallest absolute Gasteiger partial charge is 0.317 e. The summed E-state index contributed by atoms with van der Waals surface area (Å²) in [6, 6.07) is 16.4. The fraction of sp³-hybridized carbons (Fsp3) is 0.500. The maximum atomic E-state index is 13.0. The summed E-state index contributed by atoms with van der Waals surface area (Å²) in [5.74, 6) is -3.70. The number of carboxylic acid groups (broad SMARTS) is 3. The van der Waals surface area contributed by atoms with Gasteiger partial charge < -0.3 is 26.4 Å². The molecule has 2 aromatic carbocycles. The predicted molar refractivity (Wildman–Crippen MR) is 183 cm³/mol. The SMILES string of the molecule is N[C@H](CCc1ccccc1)C(=O)NOCc1ccc(CNC(=O)CN2CCN(CC(=O)O)CCN(CC(=O)O)CCN(CC(=O)O)CC2)cc1.[Gd]. The topological polar surface area (TPSA) is 218 Å². The van der Waals surface area contributed by atoms with Crippen LogP contribution >= 0.6 is 0 Å². The van der Waals surface area contributed by atoms with Gasteiger partial charge in [0.15, 0.2) is 0 Å². The van der Waals surface area contributed by atoms with E-state index in [1.807, 2.05) is 59.5 Å². The number of carboxylic acids is 3. The molecule has 3 rings (SSSR count). The van der Waals surface area contributed by atoms with Crippen LogP contribution in [-0.2, 0) is 48.4 Å². The summed E-state index contributed by atoms with van der Waals surface area (Å²) in [6.45, 7) is 2.24. The van der Waals surface area contributed by atoms with E-state index >= 15 is 0 Å². The summed E-state index contributed by atoms with van der Waals surface area (Å²) in [5.41, 5.74) is 11.1. The van der Waals surface area contributed by atoms with Gasteiger partial charge in [-0.05, 0) is 29.5 Å². The number of nitrogens with zero attached hydrogens (tertiary/aromatic N) is 4. The minimum atomic E-state index is -1.02. The first-order chi connectivity index (χ1) is 24.0. The van der Waals surface area contributed by atoms with Gasteiger partial charge in [0.25, 0.3) is 5.91 Å². The van der Waals surface area contributed by atoms with Crippen LogP contribution in [0.1, 0.15) is 23.1 Å². The molecule has 1 aliphatic heterocycles. The molecule has 0 aliphatic carbocycles. The van der Waals surface area contributed by atoms with Gasteiger partial charge in [-0.25, -0.2) is 5.48 Å². The van der Waals surface area contributed by atoms with Crippen LogP contribution < -0.4 is 16.5 Å². The molecule has 7 N–H and O–H groups in total. The van der Waals surface area contributed by atoms with Gasteiger partial charge in [-0.3, -0.25) is 48.4 Å². The summed E-state index contributed by atoms with van der Waals surface area (Å²) < 4.78 is 0. The molecule has 0 bridgehead atoms. The maximum Gasteiger partial charge on any atom is 0.317 e. The van der Waals surface area contributed by atoms with Gasteiger partial charge in [-0.15, -0.1) is 0 Å². The average molecular weight is 857 g/mol. The fourth-order valence-corrected chi connectivity index (χ4v) is 5.36. The Morgan fingerprint density at radius 2 is 1.08 bits per heavy atom. The maximum absolute atomic E-state index is 13.0. The minimum absolute atomic E-state index is 0. The van der Waals surface area contributed by atoms with Gasteiger partial charge >= 0.3 is 17.9 Å². The van der Waals surface area contributed by atoms with Crippen LogP contribution in [0.3, 0.4) is 0 Å². The third-order valence-electron chi connectivity index (χ3n) is 8.22. The normalized spacial score (nSPS) is 16.1. The number of benzene rings is 2. The Hall–Kier alpha value is -3.13. The molecule has 2 aromatic rings. The zero-order valence-electron chi connectivity index (χ0n) is 28.6. The molecule has 0 unspecified atom stereocenters. The van der Waals surface area contributed by atoms with Crippen LogP contribution in [-0.4, -0.2) is 149 Å². The molecule has 1 heterocycles. The molecule has 1 saturated heterocycles. The summed E-state index contributed by atoms with van der Waals surface area (Å²) >= 11 is 0. The number of hydroxylamine groups is 1. The van der Waals surface area contributed by atoms with Crippen molar-refractivity contribution in [2.75, 3.05) is 78.5 Å². The molecule has 51 heavy (non-hydrogen) atoms. The number of aliphatic carboxylic acids is 3. The number of nitrogens with two attached hydrogens (primary N) is 1. The number of carbonyl (C=O) groups is 5. The van der Waals surface area contributed by atoms with Gasteiger partial charge in [-0.1, -0.05) is 54.6 Å². The second kappa shape index (κ2) is 24.2. The number of rotatable bonds is 17. The zero-order valence-corrected chi connectivity index (χ0v) is 30.9. The second-order valence-corrected chi connectivity index (χ2v) is 12.3. The van der Waals surface area contributed by atoms with Crippen molar-refractivity contribution < 1.29 is 84.1 Å². The number of hydrogen-bond acceptors (Lipinski definition) is 11. The standard InChI is InChI=1S/C34H49N7O9.Gd/c35-29(11-10-26-4-2-1-3-5-26)34(49)37-50-25-28-8-6-27(7-9-28)20-36-30(42)21-38-12-14-39(22-31(43)44)16-18-41(24-33(47)48)19-17-40(15-13-38)23-32(45)46;/h1-9,29H,10-25,35H2,(H,36,42)(H,37,49)(H,43,44)(H,45,46)(H,47,48);/t29-;/m1./s1. The molecule has 16 nitrogen and oxygen atoms in total. The first-order valence-electron chi connectivity index (χ1n) is 16.6. The molecule has 1 fully saturated rings. The van der Waals surface area contributed by atoms with E-state index in [1.165, 1.54) is 0 Å². The monoisotopic (exact) mass is 857 g/mol. The first-order valence-corrected chi connectivity index (χ1v) is 16.6. The predicted octanol–water partition coefficient (Wildman–Crippen LogP) is -0.714. The number of hydrogen-bond donors (Lipinski definition) is 6. The molecule has 17 heteroatoms. The van der Waals surface area contributed by atoms with Crippen LogP contribution in [0.5, 0.6) is 0 Å². The van der Waals surface area contributed by atoms with Crippen molar-refractivity contribution >= 4 is 29.7 Å². The van der Waals surface area contributed by atoms with Crippen molar-refractivity contribution in [2.45, 2.75) is 32.0 Å². The fourth-order valence-electron chi connectivity index (χ4n) is 5.36. The van der Waals surface area contributed by atoms with Gasteiger partial charge in [-0.2, -0.15) is 0 Å². The number of amides is 2. The van der Waals surface area contributed by atoms with Gasteiger partial charge in [0.05, 0.1) is 38.8 Å². The molecule has 0 spiro atoms. The molecular formula is C34H49GdN7O9. The van der Waals surface area contributed by atoms with Crippen molar-refractivity contribution in [3.8, 4) is 0 Å².